The van der Waals surface area contributed by atoms with Gasteiger partial charge in [-0.05, 0) is 38.7 Å². The molecule has 6 rings (SSSR count). The maximum Gasteiger partial charge on any atom is 0.249 e. The second-order valence-corrected chi connectivity index (χ2v) is 8.56. The number of hydrogen-bond donors (Lipinski definition) is 0. The van der Waals surface area contributed by atoms with E-state index in [1.54, 1.807) is 23.6 Å². The van der Waals surface area contributed by atoms with Crippen LogP contribution < -0.4 is 4.74 Å². The molecule has 0 radical (unpaired) electrons. The van der Waals surface area contributed by atoms with Crippen LogP contribution in [0.1, 0.15) is 48.7 Å². The van der Waals surface area contributed by atoms with E-state index >= 15 is 0 Å². The van der Waals surface area contributed by atoms with Gasteiger partial charge < -0.3 is 4.74 Å². The zero-order chi connectivity index (χ0) is 19.4. The molecule has 1 aliphatic heterocycles. The third-order valence-electron chi connectivity index (χ3n) is 6.18. The van der Waals surface area contributed by atoms with Crippen molar-refractivity contribution in [2.75, 3.05) is 6.61 Å². The molecule has 1 unspecified atom stereocenters. The van der Waals surface area contributed by atoms with Crippen molar-refractivity contribution in [2.24, 2.45) is 15.9 Å². The molecule has 3 saturated carbocycles. The molecule has 0 aromatic carbocycles. The summed E-state index contributed by atoms with van der Waals surface area (Å²) in [7, 11) is 0. The van der Waals surface area contributed by atoms with Gasteiger partial charge in [0.1, 0.15) is 6.04 Å². The highest BCUT2D eigenvalue weighted by atomic mass is 16.5. The van der Waals surface area contributed by atoms with Crippen LogP contribution in [-0.2, 0) is 4.79 Å². The van der Waals surface area contributed by atoms with Gasteiger partial charge in [-0.2, -0.15) is 5.10 Å². The second-order valence-electron chi connectivity index (χ2n) is 8.56. The maximum absolute atomic E-state index is 13.2. The molecule has 1 amide bonds. The number of carbonyl (C=O) groups is 1. The summed E-state index contributed by atoms with van der Waals surface area (Å²) >= 11 is 0. The SMILES string of the molecule is Cc1ccc(OCC23CC(C(=O)N4N=CCC4c4cnc(C)cn4)(C2)C3)nc1. The van der Waals surface area contributed by atoms with Crippen LogP contribution in [0.3, 0.4) is 0 Å². The molecular formula is C21H23N5O2. The van der Waals surface area contributed by atoms with E-state index in [0.29, 0.717) is 18.9 Å². The zero-order valence-electron chi connectivity index (χ0n) is 16.1. The number of aromatic nitrogens is 3. The summed E-state index contributed by atoms with van der Waals surface area (Å²) in [6.45, 7) is 4.53. The van der Waals surface area contributed by atoms with E-state index in [0.717, 1.165) is 36.2 Å². The fourth-order valence-electron chi connectivity index (χ4n) is 4.82. The number of rotatable bonds is 5. The van der Waals surface area contributed by atoms with Crippen LogP contribution in [0.25, 0.3) is 0 Å². The van der Waals surface area contributed by atoms with E-state index in [9.17, 15) is 4.79 Å². The number of aryl methyl sites for hydroxylation is 2. The first-order chi connectivity index (χ1) is 13.5. The first-order valence-corrected chi connectivity index (χ1v) is 9.69. The van der Waals surface area contributed by atoms with Crippen molar-refractivity contribution in [3.8, 4) is 5.88 Å². The van der Waals surface area contributed by atoms with Gasteiger partial charge in [0, 0.05) is 36.5 Å². The third-order valence-corrected chi connectivity index (χ3v) is 6.18. The van der Waals surface area contributed by atoms with Gasteiger partial charge in [0.15, 0.2) is 0 Å². The number of hydrogen-bond acceptors (Lipinski definition) is 6. The number of amides is 1. The van der Waals surface area contributed by atoms with Crippen LogP contribution in [0, 0.1) is 24.7 Å². The van der Waals surface area contributed by atoms with E-state index < -0.39 is 0 Å². The van der Waals surface area contributed by atoms with Gasteiger partial charge in [0.25, 0.3) is 0 Å². The minimum atomic E-state index is -0.276. The monoisotopic (exact) mass is 377 g/mol. The molecule has 7 nitrogen and oxygen atoms in total. The Morgan fingerprint density at radius 3 is 2.64 bits per heavy atom. The lowest BCUT2D eigenvalue weighted by molar-refractivity contribution is -0.227. The molecule has 3 heterocycles. The predicted molar refractivity (Wildman–Crippen MR) is 103 cm³/mol. The Labute approximate surface area is 163 Å². The summed E-state index contributed by atoms with van der Waals surface area (Å²) in [5.74, 6) is 0.766. The number of nitrogens with zero attached hydrogens (tertiary/aromatic N) is 5. The van der Waals surface area contributed by atoms with Crippen molar-refractivity contribution < 1.29 is 9.53 Å². The molecule has 2 bridgehead atoms. The molecule has 0 N–H and O–H groups in total. The van der Waals surface area contributed by atoms with Crippen LogP contribution in [0.5, 0.6) is 5.88 Å². The Kier molecular flexibility index (Phi) is 3.76. The summed E-state index contributed by atoms with van der Waals surface area (Å²) in [6.07, 6.45) is 10.4. The van der Waals surface area contributed by atoms with E-state index in [1.165, 1.54) is 0 Å². The Bertz CT molecular complexity index is 918. The second kappa shape index (κ2) is 6.09. The van der Waals surface area contributed by atoms with Gasteiger partial charge in [-0.15, -0.1) is 0 Å². The lowest BCUT2D eigenvalue weighted by atomic mass is 9.35. The molecule has 7 heteroatoms. The highest BCUT2D eigenvalue weighted by Crippen LogP contribution is 2.74. The molecule has 3 fully saturated rings. The van der Waals surface area contributed by atoms with Gasteiger partial charge in [0.2, 0.25) is 11.8 Å². The zero-order valence-corrected chi connectivity index (χ0v) is 16.1. The summed E-state index contributed by atoms with van der Waals surface area (Å²) in [5, 5.41) is 5.99. The molecule has 0 spiro atoms. The van der Waals surface area contributed by atoms with Crippen LogP contribution in [0.15, 0.2) is 35.8 Å². The Morgan fingerprint density at radius 1 is 1.14 bits per heavy atom. The molecule has 2 aromatic rings. The van der Waals surface area contributed by atoms with E-state index in [-0.39, 0.29) is 22.8 Å². The number of ether oxygens (including phenoxy) is 1. The fraction of sp³-hybridized carbons (Fsp3) is 0.476. The molecule has 144 valence electrons. The molecule has 3 aliphatic carbocycles. The number of pyridine rings is 1. The standard InChI is InChI=1S/C21H23N5O2/c1-14-3-4-18(24-7-14)28-13-20-10-21(11-20,12-20)19(27)26-17(5-6-25-26)16-9-22-15(2)8-23-16/h3-4,6-9,17H,5,10-13H2,1-2H3. The topological polar surface area (TPSA) is 80.6 Å². The average Bonchev–Trinajstić information content (AvgIpc) is 3.11. The molecule has 2 aromatic heterocycles. The normalized spacial score (nSPS) is 29.9. The van der Waals surface area contributed by atoms with Crippen molar-refractivity contribution in [2.45, 2.75) is 45.6 Å². The minimum absolute atomic E-state index is 0.115. The van der Waals surface area contributed by atoms with Crippen LogP contribution in [0.2, 0.25) is 0 Å². The highest BCUT2D eigenvalue weighted by Gasteiger charge is 2.73. The minimum Gasteiger partial charge on any atom is -0.477 e. The summed E-state index contributed by atoms with van der Waals surface area (Å²) in [6, 6.07) is 3.75. The third kappa shape index (κ3) is 2.68. The molecule has 1 atom stereocenters. The van der Waals surface area contributed by atoms with Crippen LogP contribution in [0.4, 0.5) is 0 Å². The van der Waals surface area contributed by atoms with Crippen molar-refractivity contribution >= 4 is 12.1 Å². The van der Waals surface area contributed by atoms with Gasteiger partial charge in [0.05, 0.1) is 29.6 Å². The Hall–Kier alpha value is -2.83. The predicted octanol–water partition coefficient (Wildman–Crippen LogP) is 3.00. The van der Waals surface area contributed by atoms with Gasteiger partial charge in [-0.25, -0.2) is 9.99 Å². The molecular weight excluding hydrogens is 354 g/mol. The first kappa shape index (κ1) is 17.3. The highest BCUT2D eigenvalue weighted by molar-refractivity contribution is 5.88. The van der Waals surface area contributed by atoms with Crippen LogP contribution >= 0.6 is 0 Å². The van der Waals surface area contributed by atoms with E-state index in [4.69, 9.17) is 4.74 Å². The summed E-state index contributed by atoms with van der Waals surface area (Å²) in [4.78, 5) is 26.3. The first-order valence-electron chi connectivity index (χ1n) is 9.69. The van der Waals surface area contributed by atoms with Gasteiger partial charge in [-0.3, -0.25) is 14.8 Å². The largest absolute Gasteiger partial charge is 0.477 e. The van der Waals surface area contributed by atoms with E-state index in [2.05, 4.69) is 20.1 Å². The van der Waals surface area contributed by atoms with Crippen molar-refractivity contribution in [3.63, 3.8) is 0 Å². The fourth-order valence-corrected chi connectivity index (χ4v) is 4.82. The van der Waals surface area contributed by atoms with Crippen molar-refractivity contribution in [3.05, 3.63) is 47.7 Å². The lowest BCUT2D eigenvalue weighted by Gasteiger charge is -2.69. The molecule has 4 aliphatic rings. The Balaban J connectivity index is 1.21. The number of hydrazone groups is 1. The summed E-state index contributed by atoms with van der Waals surface area (Å²) in [5.41, 5.74) is 2.62. The van der Waals surface area contributed by atoms with E-state index in [1.807, 2.05) is 32.2 Å². The van der Waals surface area contributed by atoms with Gasteiger partial charge >= 0.3 is 0 Å². The molecule has 0 saturated heterocycles. The quantitative estimate of drug-likeness (QED) is 0.800. The van der Waals surface area contributed by atoms with Crippen molar-refractivity contribution in [1.29, 1.82) is 0 Å². The van der Waals surface area contributed by atoms with Gasteiger partial charge in [-0.1, -0.05) is 6.07 Å². The summed E-state index contributed by atoms with van der Waals surface area (Å²) < 4.78 is 5.87. The smallest absolute Gasteiger partial charge is 0.249 e. The Morgan fingerprint density at radius 2 is 1.96 bits per heavy atom. The lowest BCUT2D eigenvalue weighted by Crippen LogP contribution is -2.69. The molecule has 28 heavy (non-hydrogen) atoms. The average molecular weight is 377 g/mol. The maximum atomic E-state index is 13.2. The van der Waals surface area contributed by atoms with Crippen LogP contribution in [-0.4, -0.2) is 38.7 Å². The number of carbonyl (C=O) groups excluding carboxylic acids is 1. The van der Waals surface area contributed by atoms with Crippen molar-refractivity contribution in [1.82, 2.24) is 20.0 Å².